The van der Waals surface area contributed by atoms with Gasteiger partial charge in [0.25, 0.3) is 5.91 Å². The fraction of sp³-hybridized carbons (Fsp3) is 0.136. The number of carbonyl (C=O) groups is 1. The highest BCUT2D eigenvalue weighted by molar-refractivity contribution is 5.94. The van der Waals surface area contributed by atoms with Crippen LogP contribution >= 0.6 is 0 Å². The third-order valence-corrected chi connectivity index (χ3v) is 4.01. The van der Waals surface area contributed by atoms with Gasteiger partial charge in [-0.2, -0.15) is 0 Å². The average Bonchev–Trinajstić information content (AvgIpc) is 2.71. The summed E-state index contributed by atoms with van der Waals surface area (Å²) >= 11 is 0. The van der Waals surface area contributed by atoms with E-state index in [1.165, 1.54) is 13.2 Å². The molecule has 0 aromatic heterocycles. The van der Waals surface area contributed by atoms with Crippen LogP contribution in [0.25, 0.3) is 0 Å². The molecule has 0 saturated heterocycles. The largest absolute Gasteiger partial charge is 0.494 e. The number of ether oxygens (including phenoxy) is 2. The number of nitrogens with one attached hydrogen (secondary N) is 1. The Morgan fingerprint density at radius 2 is 1.78 bits per heavy atom. The molecule has 138 valence electrons. The number of amides is 1. The molecule has 1 N–H and O–H groups in total. The van der Waals surface area contributed by atoms with Crippen LogP contribution in [0.15, 0.2) is 72.8 Å². The summed E-state index contributed by atoms with van der Waals surface area (Å²) < 4.78 is 24.3. The van der Waals surface area contributed by atoms with Crippen molar-refractivity contribution in [2.24, 2.45) is 0 Å². The van der Waals surface area contributed by atoms with E-state index < -0.39 is 5.82 Å². The Kier molecular flexibility index (Phi) is 6.05. The summed E-state index contributed by atoms with van der Waals surface area (Å²) in [5.74, 6) is 0.113. The molecule has 0 unspecified atom stereocenters. The Morgan fingerprint density at radius 1 is 0.963 bits per heavy atom. The van der Waals surface area contributed by atoms with Gasteiger partial charge in [-0.05, 0) is 41.5 Å². The molecule has 0 saturated carbocycles. The van der Waals surface area contributed by atoms with Gasteiger partial charge in [-0.3, -0.25) is 4.79 Å². The summed E-state index contributed by atoms with van der Waals surface area (Å²) in [6.45, 7) is 0.645. The number of methoxy groups -OCH3 is 1. The van der Waals surface area contributed by atoms with Crippen molar-refractivity contribution in [3.63, 3.8) is 0 Å². The fourth-order valence-corrected chi connectivity index (χ4v) is 2.57. The van der Waals surface area contributed by atoms with Crippen LogP contribution in [0.3, 0.4) is 0 Å². The van der Waals surface area contributed by atoms with Gasteiger partial charge in [0, 0.05) is 12.1 Å². The molecule has 27 heavy (non-hydrogen) atoms. The lowest BCUT2D eigenvalue weighted by Crippen LogP contribution is -2.22. The van der Waals surface area contributed by atoms with Crippen molar-refractivity contribution in [3.05, 3.63) is 95.3 Å². The van der Waals surface area contributed by atoms with Gasteiger partial charge in [0.2, 0.25) is 0 Å². The highest BCUT2D eigenvalue weighted by Gasteiger charge is 2.08. The van der Waals surface area contributed by atoms with Gasteiger partial charge in [-0.15, -0.1) is 0 Å². The molecule has 0 spiro atoms. The van der Waals surface area contributed by atoms with Crippen LogP contribution in [0.4, 0.5) is 4.39 Å². The normalized spacial score (nSPS) is 10.3. The fourth-order valence-electron chi connectivity index (χ4n) is 2.57. The van der Waals surface area contributed by atoms with Crippen molar-refractivity contribution in [1.29, 1.82) is 0 Å². The van der Waals surface area contributed by atoms with Crippen molar-refractivity contribution in [3.8, 4) is 11.5 Å². The van der Waals surface area contributed by atoms with E-state index in [0.29, 0.717) is 23.4 Å². The van der Waals surface area contributed by atoms with Gasteiger partial charge in [-0.1, -0.05) is 42.5 Å². The molecule has 0 radical (unpaired) electrons. The molecule has 0 fully saturated rings. The molecule has 5 heteroatoms. The molecule has 3 rings (SSSR count). The topological polar surface area (TPSA) is 47.6 Å². The third-order valence-electron chi connectivity index (χ3n) is 4.01. The molecule has 1 amide bonds. The number of hydrogen-bond acceptors (Lipinski definition) is 3. The van der Waals surface area contributed by atoms with E-state index in [-0.39, 0.29) is 18.3 Å². The molecule has 0 aliphatic carbocycles. The van der Waals surface area contributed by atoms with E-state index in [0.717, 1.165) is 5.56 Å². The summed E-state index contributed by atoms with van der Waals surface area (Å²) in [5, 5.41) is 2.88. The summed E-state index contributed by atoms with van der Waals surface area (Å²) in [4.78, 5) is 12.3. The first-order valence-corrected chi connectivity index (χ1v) is 8.53. The number of benzene rings is 3. The first kappa shape index (κ1) is 18.5. The second-order valence-electron chi connectivity index (χ2n) is 5.95. The summed E-state index contributed by atoms with van der Waals surface area (Å²) in [7, 11) is 1.42. The lowest BCUT2D eigenvalue weighted by Gasteiger charge is -2.10. The zero-order valence-electron chi connectivity index (χ0n) is 14.9. The third kappa shape index (κ3) is 5.07. The van der Waals surface area contributed by atoms with Crippen molar-refractivity contribution in [2.75, 3.05) is 7.11 Å². The van der Waals surface area contributed by atoms with Crippen LogP contribution in [-0.4, -0.2) is 13.0 Å². The Balaban J connectivity index is 1.59. The van der Waals surface area contributed by atoms with Crippen molar-refractivity contribution >= 4 is 5.91 Å². The minimum absolute atomic E-state index is 0.181. The molecule has 0 heterocycles. The first-order valence-electron chi connectivity index (χ1n) is 8.53. The van der Waals surface area contributed by atoms with Crippen molar-refractivity contribution in [1.82, 2.24) is 5.32 Å². The molecule has 0 atom stereocenters. The summed E-state index contributed by atoms with van der Waals surface area (Å²) in [6, 6.07) is 21.3. The number of halogens is 1. The molecule has 0 aliphatic heterocycles. The minimum Gasteiger partial charge on any atom is -0.494 e. The van der Waals surface area contributed by atoms with Crippen molar-refractivity contribution < 1.29 is 18.7 Å². The first-order chi connectivity index (χ1) is 13.2. The van der Waals surface area contributed by atoms with E-state index in [4.69, 9.17) is 9.47 Å². The maximum absolute atomic E-state index is 13.7. The van der Waals surface area contributed by atoms with Gasteiger partial charge < -0.3 is 14.8 Å². The van der Waals surface area contributed by atoms with E-state index in [1.54, 1.807) is 36.4 Å². The molecule has 4 nitrogen and oxygen atoms in total. The number of carbonyl (C=O) groups excluding carboxylic acids is 1. The quantitative estimate of drug-likeness (QED) is 0.677. The molecule has 0 aliphatic rings. The molecular formula is C22H20FNO3. The second kappa shape index (κ2) is 8.85. The lowest BCUT2D eigenvalue weighted by molar-refractivity contribution is 0.0950. The van der Waals surface area contributed by atoms with Crippen LogP contribution in [0.1, 0.15) is 21.5 Å². The van der Waals surface area contributed by atoms with Crippen LogP contribution in [0.2, 0.25) is 0 Å². The zero-order chi connectivity index (χ0) is 19.1. The minimum atomic E-state index is -0.437. The van der Waals surface area contributed by atoms with Gasteiger partial charge in [0.15, 0.2) is 11.6 Å². The predicted molar refractivity (Wildman–Crippen MR) is 101 cm³/mol. The maximum atomic E-state index is 13.7. The second-order valence-corrected chi connectivity index (χ2v) is 5.95. The van der Waals surface area contributed by atoms with Crippen molar-refractivity contribution in [2.45, 2.75) is 13.2 Å². The van der Waals surface area contributed by atoms with Crippen LogP contribution in [0.5, 0.6) is 11.5 Å². The van der Waals surface area contributed by atoms with Crippen LogP contribution in [0, 0.1) is 5.82 Å². The Morgan fingerprint density at radius 3 is 2.52 bits per heavy atom. The summed E-state index contributed by atoms with van der Waals surface area (Å²) in [5.41, 5.74) is 2.20. The lowest BCUT2D eigenvalue weighted by atomic mass is 10.2. The highest BCUT2D eigenvalue weighted by Crippen LogP contribution is 2.20. The average molecular weight is 365 g/mol. The van der Waals surface area contributed by atoms with E-state index in [2.05, 4.69) is 5.32 Å². The molecule has 0 bridgehead atoms. The SMILES string of the molecule is COc1ccc(COc2cccc(C(=O)NCc3ccccc3)c2)cc1F. The molecule has 3 aromatic rings. The Bertz CT molecular complexity index is 912. The van der Waals surface area contributed by atoms with Gasteiger partial charge in [0.05, 0.1) is 7.11 Å². The van der Waals surface area contributed by atoms with E-state index in [1.807, 2.05) is 30.3 Å². The smallest absolute Gasteiger partial charge is 0.251 e. The van der Waals surface area contributed by atoms with Gasteiger partial charge in [0.1, 0.15) is 12.4 Å². The maximum Gasteiger partial charge on any atom is 0.251 e. The van der Waals surface area contributed by atoms with Gasteiger partial charge >= 0.3 is 0 Å². The van der Waals surface area contributed by atoms with Crippen LogP contribution in [-0.2, 0) is 13.2 Å². The Labute approximate surface area is 157 Å². The van der Waals surface area contributed by atoms with E-state index in [9.17, 15) is 9.18 Å². The number of hydrogen-bond donors (Lipinski definition) is 1. The van der Waals surface area contributed by atoms with Gasteiger partial charge in [-0.25, -0.2) is 4.39 Å². The number of rotatable bonds is 7. The molecular weight excluding hydrogens is 345 g/mol. The summed E-state index contributed by atoms with van der Waals surface area (Å²) in [6.07, 6.45) is 0. The monoisotopic (exact) mass is 365 g/mol. The zero-order valence-corrected chi connectivity index (χ0v) is 14.9. The Hall–Kier alpha value is -3.34. The predicted octanol–water partition coefficient (Wildman–Crippen LogP) is 4.34. The molecule has 3 aromatic carbocycles. The highest BCUT2D eigenvalue weighted by atomic mass is 19.1. The van der Waals surface area contributed by atoms with Crippen LogP contribution < -0.4 is 14.8 Å². The van der Waals surface area contributed by atoms with E-state index >= 15 is 0 Å². The standard InChI is InChI=1S/C22H20FNO3/c1-26-21-11-10-17(12-20(21)23)15-27-19-9-5-8-18(13-19)22(25)24-14-16-6-3-2-4-7-16/h2-13H,14-15H2,1H3,(H,24,25).